The number of benzene rings is 3. The summed E-state index contributed by atoms with van der Waals surface area (Å²) >= 11 is 3.57. The fourth-order valence-electron chi connectivity index (χ4n) is 4.36. The van der Waals surface area contributed by atoms with Gasteiger partial charge in [-0.15, -0.1) is 0 Å². The molecule has 1 fully saturated rings. The lowest BCUT2D eigenvalue weighted by Crippen LogP contribution is -2.25. The van der Waals surface area contributed by atoms with Crippen LogP contribution in [-0.4, -0.2) is 29.1 Å². The Morgan fingerprint density at radius 3 is 2.71 bits per heavy atom. The van der Waals surface area contributed by atoms with Crippen molar-refractivity contribution in [2.24, 2.45) is 0 Å². The predicted octanol–water partition coefficient (Wildman–Crippen LogP) is 5.38. The summed E-state index contributed by atoms with van der Waals surface area (Å²) in [6.07, 6.45) is 0.430. The number of aromatic nitrogens is 2. The molecule has 4 aromatic rings. The smallest absolute Gasteiger partial charge is 0.227 e. The van der Waals surface area contributed by atoms with Crippen molar-refractivity contribution in [2.45, 2.75) is 18.9 Å². The molecule has 156 valence electrons. The molecule has 5 rings (SSSR count). The van der Waals surface area contributed by atoms with Crippen LogP contribution in [0, 0.1) is 0 Å². The minimum Gasteiger partial charge on any atom is -0.495 e. The Morgan fingerprint density at radius 2 is 1.87 bits per heavy atom. The van der Waals surface area contributed by atoms with E-state index >= 15 is 0 Å². The fraction of sp³-hybridized carbons (Fsp3) is 0.200. The van der Waals surface area contributed by atoms with Crippen LogP contribution in [0.5, 0.6) is 5.75 Å². The summed E-state index contributed by atoms with van der Waals surface area (Å²) in [6, 6.07) is 24.1. The third-order valence-electron chi connectivity index (χ3n) is 5.78. The zero-order valence-electron chi connectivity index (χ0n) is 17.2. The Bertz CT molecular complexity index is 1270. The standard InChI is InChI=1S/C25H22BrN3O2/c1-31-23-12-5-4-11-22(23)28-16-18(14-24(28)30)25-27-20-9-2-3-10-21(20)29(25)15-17-7-6-8-19(26)13-17/h2-13,18H,14-16H2,1H3. The van der Waals surface area contributed by atoms with Crippen molar-refractivity contribution >= 4 is 38.6 Å². The number of hydrogen-bond acceptors (Lipinski definition) is 3. The highest BCUT2D eigenvalue weighted by atomic mass is 79.9. The van der Waals surface area contributed by atoms with E-state index in [4.69, 9.17) is 9.72 Å². The molecule has 1 atom stereocenters. The first-order valence-electron chi connectivity index (χ1n) is 10.3. The van der Waals surface area contributed by atoms with Crippen LogP contribution in [0.1, 0.15) is 23.7 Å². The number of fused-ring (bicyclic) bond motifs is 1. The van der Waals surface area contributed by atoms with Crippen LogP contribution in [0.4, 0.5) is 5.69 Å². The minimum absolute atomic E-state index is 0.0111. The van der Waals surface area contributed by atoms with E-state index in [0.29, 0.717) is 25.3 Å². The molecule has 1 aliphatic rings. The van der Waals surface area contributed by atoms with Gasteiger partial charge in [-0.2, -0.15) is 0 Å². The largest absolute Gasteiger partial charge is 0.495 e. The van der Waals surface area contributed by atoms with Crippen molar-refractivity contribution in [3.63, 3.8) is 0 Å². The first-order chi connectivity index (χ1) is 15.1. The zero-order valence-corrected chi connectivity index (χ0v) is 18.7. The Morgan fingerprint density at radius 1 is 1.06 bits per heavy atom. The summed E-state index contributed by atoms with van der Waals surface area (Å²) in [4.78, 5) is 19.8. The molecular formula is C25H22BrN3O2. The summed E-state index contributed by atoms with van der Waals surface area (Å²) in [5.74, 6) is 1.76. The van der Waals surface area contributed by atoms with Crippen molar-refractivity contribution in [2.75, 3.05) is 18.6 Å². The van der Waals surface area contributed by atoms with Gasteiger partial charge < -0.3 is 14.2 Å². The number of carbonyl (C=O) groups excluding carboxylic acids is 1. The van der Waals surface area contributed by atoms with E-state index in [1.54, 1.807) is 7.11 Å². The second kappa shape index (κ2) is 8.19. The number of anilines is 1. The molecule has 0 N–H and O–H groups in total. The number of para-hydroxylation sites is 4. The van der Waals surface area contributed by atoms with Gasteiger partial charge in [-0.25, -0.2) is 4.98 Å². The monoisotopic (exact) mass is 475 g/mol. The number of ether oxygens (including phenoxy) is 1. The number of nitrogens with zero attached hydrogens (tertiary/aromatic N) is 3. The van der Waals surface area contributed by atoms with Crippen molar-refractivity contribution in [1.82, 2.24) is 9.55 Å². The molecule has 2 heterocycles. The number of amides is 1. The first-order valence-corrected chi connectivity index (χ1v) is 11.1. The van der Waals surface area contributed by atoms with Crippen LogP contribution in [0.3, 0.4) is 0 Å². The average Bonchev–Trinajstić information content (AvgIpc) is 3.34. The van der Waals surface area contributed by atoms with E-state index in [-0.39, 0.29) is 11.8 Å². The Balaban J connectivity index is 1.54. The molecule has 0 aliphatic carbocycles. The van der Waals surface area contributed by atoms with E-state index in [1.807, 2.05) is 59.5 Å². The molecule has 0 spiro atoms. The highest BCUT2D eigenvalue weighted by molar-refractivity contribution is 9.10. The minimum atomic E-state index is 0.0111. The SMILES string of the molecule is COc1ccccc1N1CC(c2nc3ccccc3n2Cc2cccc(Br)c2)CC1=O. The Labute approximate surface area is 189 Å². The lowest BCUT2D eigenvalue weighted by molar-refractivity contribution is -0.117. The van der Waals surface area contributed by atoms with Gasteiger partial charge in [0.1, 0.15) is 11.6 Å². The Hall–Kier alpha value is -3.12. The number of halogens is 1. The van der Waals surface area contributed by atoms with Crippen molar-refractivity contribution < 1.29 is 9.53 Å². The topological polar surface area (TPSA) is 47.4 Å². The molecule has 1 amide bonds. The van der Waals surface area contributed by atoms with E-state index < -0.39 is 0 Å². The summed E-state index contributed by atoms with van der Waals surface area (Å²) in [5, 5.41) is 0. The second-order valence-corrected chi connectivity index (χ2v) is 8.67. The second-order valence-electron chi connectivity index (χ2n) is 7.75. The quantitative estimate of drug-likeness (QED) is 0.389. The van der Waals surface area contributed by atoms with E-state index in [9.17, 15) is 4.79 Å². The normalized spacial score (nSPS) is 16.3. The number of rotatable bonds is 5. The molecule has 1 unspecified atom stereocenters. The third kappa shape index (κ3) is 3.72. The summed E-state index contributed by atoms with van der Waals surface area (Å²) in [5.41, 5.74) is 4.04. The van der Waals surface area contributed by atoms with Gasteiger partial charge >= 0.3 is 0 Å². The van der Waals surface area contributed by atoms with Crippen LogP contribution >= 0.6 is 15.9 Å². The van der Waals surface area contributed by atoms with Crippen LogP contribution in [0.2, 0.25) is 0 Å². The molecule has 1 saturated heterocycles. The maximum atomic E-state index is 13.0. The highest BCUT2D eigenvalue weighted by Crippen LogP contribution is 2.37. The first kappa shape index (κ1) is 19.8. The molecule has 3 aromatic carbocycles. The lowest BCUT2D eigenvalue weighted by atomic mass is 10.1. The molecule has 6 heteroatoms. The molecule has 5 nitrogen and oxygen atoms in total. The molecule has 1 aliphatic heterocycles. The van der Waals surface area contributed by atoms with E-state index in [2.05, 4.69) is 38.7 Å². The lowest BCUT2D eigenvalue weighted by Gasteiger charge is -2.20. The third-order valence-corrected chi connectivity index (χ3v) is 6.27. The van der Waals surface area contributed by atoms with Gasteiger partial charge in [0.25, 0.3) is 0 Å². The van der Waals surface area contributed by atoms with Gasteiger partial charge in [-0.3, -0.25) is 4.79 Å². The van der Waals surface area contributed by atoms with Crippen LogP contribution < -0.4 is 9.64 Å². The highest BCUT2D eigenvalue weighted by Gasteiger charge is 2.35. The maximum Gasteiger partial charge on any atom is 0.227 e. The Kier molecular flexibility index (Phi) is 5.24. The van der Waals surface area contributed by atoms with Gasteiger partial charge in [-0.1, -0.05) is 52.3 Å². The van der Waals surface area contributed by atoms with E-state index in [0.717, 1.165) is 27.0 Å². The molecule has 1 aromatic heterocycles. The van der Waals surface area contributed by atoms with Crippen LogP contribution in [0.15, 0.2) is 77.3 Å². The van der Waals surface area contributed by atoms with Crippen molar-refractivity contribution in [3.8, 4) is 5.75 Å². The van der Waals surface area contributed by atoms with Crippen molar-refractivity contribution in [3.05, 3.63) is 88.7 Å². The average molecular weight is 476 g/mol. The number of carbonyl (C=O) groups is 1. The van der Waals surface area contributed by atoms with Gasteiger partial charge in [-0.05, 0) is 42.0 Å². The molecular weight excluding hydrogens is 454 g/mol. The number of imidazole rings is 1. The van der Waals surface area contributed by atoms with Gasteiger partial charge in [0, 0.05) is 29.9 Å². The zero-order chi connectivity index (χ0) is 21.4. The summed E-state index contributed by atoms with van der Waals surface area (Å²) in [6.45, 7) is 1.29. The fourth-order valence-corrected chi connectivity index (χ4v) is 4.80. The van der Waals surface area contributed by atoms with Crippen LogP contribution in [-0.2, 0) is 11.3 Å². The van der Waals surface area contributed by atoms with Gasteiger partial charge in [0.15, 0.2) is 0 Å². The number of methoxy groups -OCH3 is 1. The molecule has 0 bridgehead atoms. The van der Waals surface area contributed by atoms with Crippen molar-refractivity contribution in [1.29, 1.82) is 0 Å². The molecule has 0 saturated carbocycles. The van der Waals surface area contributed by atoms with Gasteiger partial charge in [0.05, 0.1) is 23.8 Å². The van der Waals surface area contributed by atoms with Gasteiger partial charge in [0.2, 0.25) is 5.91 Å². The summed E-state index contributed by atoms with van der Waals surface area (Å²) < 4.78 is 8.79. The van der Waals surface area contributed by atoms with E-state index in [1.165, 1.54) is 5.56 Å². The number of hydrogen-bond donors (Lipinski definition) is 0. The maximum absolute atomic E-state index is 13.0. The molecule has 31 heavy (non-hydrogen) atoms. The predicted molar refractivity (Wildman–Crippen MR) is 126 cm³/mol. The summed E-state index contributed by atoms with van der Waals surface area (Å²) in [7, 11) is 1.63. The molecule has 0 radical (unpaired) electrons. The van der Waals surface area contributed by atoms with Crippen LogP contribution in [0.25, 0.3) is 11.0 Å².